The number of nitrogens with zero attached hydrogens (tertiary/aromatic N) is 1. The summed E-state index contributed by atoms with van der Waals surface area (Å²) < 4.78 is 23.5. The minimum absolute atomic E-state index is 0.183. The van der Waals surface area contributed by atoms with Crippen LogP contribution in [0, 0.1) is 23.7 Å². The monoisotopic (exact) mass is 413 g/mol. The number of alkyl halides is 1. The standard InChI is InChI=1S/C25H48FNO2/c1-19(2)15-24-17-27(22(5)16-25(24)18-28-7)13-11-20(3)9-10-21(4)23(6)29-14-8-12-26/h9,19,21-25H,8,10-18H2,1-7H3/b20-9+/t21?,22-,23?,24+,25+/m0/s1. The van der Waals surface area contributed by atoms with Crippen molar-refractivity contribution >= 4 is 0 Å². The summed E-state index contributed by atoms with van der Waals surface area (Å²) in [5.74, 6) is 2.65. The van der Waals surface area contributed by atoms with Crippen molar-refractivity contribution in [2.45, 2.75) is 85.8 Å². The Bertz CT molecular complexity index is 454. The summed E-state index contributed by atoms with van der Waals surface area (Å²) in [5, 5.41) is 0. The van der Waals surface area contributed by atoms with Crippen LogP contribution in [0.1, 0.15) is 73.6 Å². The van der Waals surface area contributed by atoms with Crippen LogP contribution in [0.15, 0.2) is 11.6 Å². The molecule has 0 amide bonds. The van der Waals surface area contributed by atoms with Crippen LogP contribution < -0.4 is 0 Å². The quantitative estimate of drug-likeness (QED) is 0.252. The van der Waals surface area contributed by atoms with Gasteiger partial charge in [0.15, 0.2) is 0 Å². The van der Waals surface area contributed by atoms with E-state index in [0.29, 0.717) is 30.9 Å². The summed E-state index contributed by atoms with van der Waals surface area (Å²) in [4.78, 5) is 2.70. The van der Waals surface area contributed by atoms with E-state index >= 15 is 0 Å². The molecular formula is C25H48FNO2. The fraction of sp³-hybridized carbons (Fsp3) is 0.920. The van der Waals surface area contributed by atoms with E-state index in [4.69, 9.17) is 9.47 Å². The minimum atomic E-state index is -0.292. The summed E-state index contributed by atoms with van der Waals surface area (Å²) in [6.45, 7) is 17.1. The number of rotatable bonds is 14. The SMILES string of the molecule is COC[C@H]1C[C@H](C)N(CC/C(C)=C/CC(C)C(C)OCCCF)C[C@H]1CC(C)C. The third kappa shape index (κ3) is 10.4. The van der Waals surface area contributed by atoms with E-state index in [-0.39, 0.29) is 12.8 Å². The summed E-state index contributed by atoms with van der Waals surface area (Å²) >= 11 is 0. The van der Waals surface area contributed by atoms with E-state index in [1.807, 2.05) is 7.11 Å². The molecule has 1 aliphatic rings. The first-order valence-electron chi connectivity index (χ1n) is 11.8. The second kappa shape index (κ2) is 14.5. The van der Waals surface area contributed by atoms with Crippen LogP contribution in [-0.2, 0) is 9.47 Å². The molecule has 1 heterocycles. The maximum absolute atomic E-state index is 12.2. The second-order valence-electron chi connectivity index (χ2n) is 9.82. The van der Waals surface area contributed by atoms with Gasteiger partial charge in [-0.3, -0.25) is 4.39 Å². The minimum Gasteiger partial charge on any atom is -0.384 e. The third-order valence-corrected chi connectivity index (χ3v) is 6.65. The molecule has 4 heteroatoms. The zero-order valence-corrected chi connectivity index (χ0v) is 20.3. The van der Waals surface area contributed by atoms with Gasteiger partial charge in [-0.05, 0) is 76.5 Å². The van der Waals surface area contributed by atoms with Crippen LogP contribution >= 0.6 is 0 Å². The summed E-state index contributed by atoms with van der Waals surface area (Å²) in [6.07, 6.45) is 7.78. The van der Waals surface area contributed by atoms with Gasteiger partial charge in [0.25, 0.3) is 0 Å². The Labute approximate surface area is 180 Å². The normalized spacial score (nSPS) is 26.1. The maximum Gasteiger partial charge on any atom is 0.0916 e. The topological polar surface area (TPSA) is 21.7 Å². The van der Waals surface area contributed by atoms with Gasteiger partial charge in [0.1, 0.15) is 0 Å². The molecule has 0 aromatic carbocycles. The lowest BCUT2D eigenvalue weighted by Gasteiger charge is -2.43. The Morgan fingerprint density at radius 2 is 1.93 bits per heavy atom. The smallest absolute Gasteiger partial charge is 0.0916 e. The van der Waals surface area contributed by atoms with Crippen molar-refractivity contribution < 1.29 is 13.9 Å². The second-order valence-corrected chi connectivity index (χ2v) is 9.82. The molecule has 0 aromatic heterocycles. The van der Waals surface area contributed by atoms with Crippen molar-refractivity contribution in [2.75, 3.05) is 40.1 Å². The lowest BCUT2D eigenvalue weighted by Crippen LogP contribution is -2.47. The molecule has 2 unspecified atom stereocenters. The number of piperidine rings is 1. The highest BCUT2D eigenvalue weighted by Gasteiger charge is 2.33. The highest BCUT2D eigenvalue weighted by molar-refractivity contribution is 5.00. The molecule has 1 rings (SSSR count). The van der Waals surface area contributed by atoms with Crippen molar-refractivity contribution in [3.05, 3.63) is 11.6 Å². The van der Waals surface area contributed by atoms with Gasteiger partial charge in [0.2, 0.25) is 0 Å². The lowest BCUT2D eigenvalue weighted by molar-refractivity contribution is 0.0183. The van der Waals surface area contributed by atoms with Gasteiger partial charge in [-0.15, -0.1) is 0 Å². The van der Waals surface area contributed by atoms with E-state index in [1.165, 1.54) is 25.0 Å². The van der Waals surface area contributed by atoms with Gasteiger partial charge in [-0.1, -0.05) is 32.4 Å². The van der Waals surface area contributed by atoms with Gasteiger partial charge >= 0.3 is 0 Å². The van der Waals surface area contributed by atoms with Crippen molar-refractivity contribution in [3.8, 4) is 0 Å². The van der Waals surface area contributed by atoms with Crippen LogP contribution in [0.5, 0.6) is 0 Å². The molecule has 29 heavy (non-hydrogen) atoms. The van der Waals surface area contributed by atoms with E-state index < -0.39 is 0 Å². The predicted molar refractivity (Wildman–Crippen MR) is 122 cm³/mol. The lowest BCUT2D eigenvalue weighted by atomic mass is 9.78. The highest BCUT2D eigenvalue weighted by atomic mass is 19.1. The van der Waals surface area contributed by atoms with Gasteiger partial charge < -0.3 is 14.4 Å². The van der Waals surface area contributed by atoms with Crippen molar-refractivity contribution in [2.24, 2.45) is 23.7 Å². The molecule has 1 saturated heterocycles. The molecule has 0 N–H and O–H groups in total. The molecular weight excluding hydrogens is 365 g/mol. The molecule has 3 nitrogen and oxygen atoms in total. The first-order valence-corrected chi connectivity index (χ1v) is 11.8. The molecule has 5 atom stereocenters. The third-order valence-electron chi connectivity index (χ3n) is 6.65. The first-order chi connectivity index (χ1) is 13.8. The average molecular weight is 414 g/mol. The maximum atomic E-state index is 12.2. The van der Waals surface area contributed by atoms with Crippen LogP contribution in [0.3, 0.4) is 0 Å². The van der Waals surface area contributed by atoms with E-state index in [2.05, 4.69) is 52.5 Å². The number of methoxy groups -OCH3 is 1. The molecule has 0 saturated carbocycles. The Kier molecular flexibility index (Phi) is 13.3. The van der Waals surface area contributed by atoms with Crippen molar-refractivity contribution in [1.29, 1.82) is 0 Å². The highest BCUT2D eigenvalue weighted by Crippen LogP contribution is 2.32. The fourth-order valence-electron chi connectivity index (χ4n) is 4.50. The Morgan fingerprint density at radius 3 is 2.55 bits per heavy atom. The summed E-state index contributed by atoms with van der Waals surface area (Å²) in [6, 6.07) is 0.634. The van der Waals surface area contributed by atoms with Crippen LogP contribution in [0.25, 0.3) is 0 Å². The molecule has 1 aliphatic heterocycles. The van der Waals surface area contributed by atoms with E-state index in [0.717, 1.165) is 37.8 Å². The van der Waals surface area contributed by atoms with Gasteiger partial charge in [-0.25, -0.2) is 0 Å². The van der Waals surface area contributed by atoms with Crippen LogP contribution in [0.2, 0.25) is 0 Å². The van der Waals surface area contributed by atoms with Crippen molar-refractivity contribution in [3.63, 3.8) is 0 Å². The molecule has 0 aromatic rings. The Hall–Kier alpha value is -0.450. The zero-order valence-electron chi connectivity index (χ0n) is 20.3. The fourth-order valence-corrected chi connectivity index (χ4v) is 4.50. The molecule has 0 spiro atoms. The van der Waals surface area contributed by atoms with E-state index in [1.54, 1.807) is 0 Å². The molecule has 172 valence electrons. The number of ether oxygens (including phenoxy) is 2. The Balaban J connectivity index is 2.48. The molecule has 0 aliphatic carbocycles. The zero-order chi connectivity index (χ0) is 21.8. The van der Waals surface area contributed by atoms with Gasteiger partial charge in [-0.2, -0.15) is 0 Å². The van der Waals surface area contributed by atoms with Crippen molar-refractivity contribution in [1.82, 2.24) is 4.90 Å². The number of allylic oxidation sites excluding steroid dienone is 1. The summed E-state index contributed by atoms with van der Waals surface area (Å²) in [5.41, 5.74) is 1.47. The molecule has 1 fully saturated rings. The molecule has 0 bridgehead atoms. The van der Waals surface area contributed by atoms with Gasteiger partial charge in [0.05, 0.1) is 12.8 Å². The van der Waals surface area contributed by atoms with Crippen LogP contribution in [-0.4, -0.2) is 57.1 Å². The average Bonchev–Trinajstić information content (AvgIpc) is 2.66. The number of hydrogen-bond donors (Lipinski definition) is 0. The largest absolute Gasteiger partial charge is 0.384 e. The Morgan fingerprint density at radius 1 is 1.21 bits per heavy atom. The predicted octanol–water partition coefficient (Wildman–Crippen LogP) is 6.13. The van der Waals surface area contributed by atoms with Gasteiger partial charge in [0, 0.05) is 39.5 Å². The number of hydrogen-bond acceptors (Lipinski definition) is 3. The number of halogens is 1. The van der Waals surface area contributed by atoms with Crippen LogP contribution in [0.4, 0.5) is 4.39 Å². The molecule has 0 radical (unpaired) electrons. The van der Waals surface area contributed by atoms with E-state index in [9.17, 15) is 4.39 Å². The first kappa shape index (κ1) is 26.6. The number of likely N-dealkylation sites (tertiary alicyclic amines) is 1. The summed E-state index contributed by atoms with van der Waals surface area (Å²) in [7, 11) is 1.84.